The van der Waals surface area contributed by atoms with Crippen LogP contribution in [0.4, 0.5) is 0 Å². The van der Waals surface area contributed by atoms with Crippen LogP contribution in [0, 0.1) is 0 Å². The highest BCUT2D eigenvalue weighted by Gasteiger charge is 2.14. The molecule has 1 amide bonds. The van der Waals surface area contributed by atoms with Gasteiger partial charge in [0.1, 0.15) is 10.7 Å². The van der Waals surface area contributed by atoms with Crippen molar-refractivity contribution in [2.75, 3.05) is 13.7 Å². The lowest BCUT2D eigenvalue weighted by molar-refractivity contribution is 0.0901. The average molecular weight is 282 g/mol. The van der Waals surface area contributed by atoms with Crippen molar-refractivity contribution >= 4 is 28.6 Å². The zero-order chi connectivity index (χ0) is 13.0. The number of rotatable bonds is 5. The third-order valence-corrected chi connectivity index (χ3v) is 3.87. The summed E-state index contributed by atoms with van der Waals surface area (Å²) in [6.07, 6.45) is 0. The number of amides is 1. The maximum absolute atomic E-state index is 11.9. The molecule has 0 saturated heterocycles. The summed E-state index contributed by atoms with van der Waals surface area (Å²) in [5.41, 5.74) is 1.53. The van der Waals surface area contributed by atoms with Gasteiger partial charge < -0.3 is 10.1 Å². The molecule has 1 N–H and O–H groups in total. The summed E-state index contributed by atoms with van der Waals surface area (Å²) < 4.78 is 4.97. The molecular formula is C12H14N2O2S2. The summed E-state index contributed by atoms with van der Waals surface area (Å²) in [5.74, 6) is -0.155. The van der Waals surface area contributed by atoms with Gasteiger partial charge >= 0.3 is 0 Å². The number of hydrogen-bond acceptors (Lipinski definition) is 5. The van der Waals surface area contributed by atoms with Crippen LogP contribution in [0.15, 0.2) is 22.2 Å². The minimum atomic E-state index is -0.155. The molecule has 0 saturated carbocycles. The van der Waals surface area contributed by atoms with Crippen molar-refractivity contribution in [3.8, 4) is 10.6 Å². The van der Waals surface area contributed by atoms with Gasteiger partial charge in [0.25, 0.3) is 5.91 Å². The average Bonchev–Trinajstić information content (AvgIpc) is 3.00. The normalized spacial score (nSPS) is 12.3. The zero-order valence-corrected chi connectivity index (χ0v) is 11.8. The van der Waals surface area contributed by atoms with Crippen LogP contribution in [0.1, 0.15) is 17.4 Å². The fourth-order valence-corrected chi connectivity index (χ4v) is 3.00. The molecule has 18 heavy (non-hydrogen) atoms. The number of thiophene rings is 1. The first kappa shape index (κ1) is 13.2. The quantitative estimate of drug-likeness (QED) is 0.917. The number of hydrogen-bond donors (Lipinski definition) is 1. The molecule has 2 aromatic rings. The molecule has 2 rings (SSSR count). The van der Waals surface area contributed by atoms with Crippen LogP contribution in [-0.4, -0.2) is 30.6 Å². The number of nitrogens with zero attached hydrogens (tertiary/aromatic N) is 1. The van der Waals surface area contributed by atoms with E-state index in [-0.39, 0.29) is 11.9 Å². The highest BCUT2D eigenvalue weighted by atomic mass is 32.1. The Hall–Kier alpha value is -1.24. The van der Waals surface area contributed by atoms with Crippen molar-refractivity contribution in [1.29, 1.82) is 0 Å². The molecule has 0 aliphatic rings. The molecular weight excluding hydrogens is 268 g/mol. The minimum Gasteiger partial charge on any atom is -0.383 e. The summed E-state index contributed by atoms with van der Waals surface area (Å²) in [6, 6.07) is 1.98. The van der Waals surface area contributed by atoms with Gasteiger partial charge in [-0.1, -0.05) is 0 Å². The van der Waals surface area contributed by atoms with Crippen LogP contribution in [0.5, 0.6) is 0 Å². The molecule has 1 unspecified atom stereocenters. The van der Waals surface area contributed by atoms with Gasteiger partial charge in [0.15, 0.2) is 0 Å². The molecule has 96 valence electrons. The van der Waals surface area contributed by atoms with E-state index in [4.69, 9.17) is 4.74 Å². The first-order valence-corrected chi connectivity index (χ1v) is 7.31. The van der Waals surface area contributed by atoms with Crippen LogP contribution >= 0.6 is 22.7 Å². The van der Waals surface area contributed by atoms with E-state index in [2.05, 4.69) is 10.3 Å². The van der Waals surface area contributed by atoms with Crippen molar-refractivity contribution < 1.29 is 9.53 Å². The van der Waals surface area contributed by atoms with E-state index in [1.165, 1.54) is 11.3 Å². The Bertz CT molecular complexity index is 508. The molecule has 2 heterocycles. The maximum atomic E-state index is 11.9. The number of aromatic nitrogens is 1. The van der Waals surface area contributed by atoms with E-state index in [1.807, 2.05) is 23.8 Å². The maximum Gasteiger partial charge on any atom is 0.271 e. The predicted octanol–water partition coefficient (Wildman–Crippen LogP) is 2.64. The highest BCUT2D eigenvalue weighted by molar-refractivity contribution is 7.14. The van der Waals surface area contributed by atoms with Crippen LogP contribution < -0.4 is 5.32 Å². The third kappa shape index (κ3) is 3.16. The number of ether oxygens (including phenoxy) is 1. The van der Waals surface area contributed by atoms with Gasteiger partial charge in [-0.25, -0.2) is 4.98 Å². The summed E-state index contributed by atoms with van der Waals surface area (Å²) in [4.78, 5) is 16.2. The van der Waals surface area contributed by atoms with E-state index in [0.717, 1.165) is 10.6 Å². The first-order chi connectivity index (χ1) is 8.70. The van der Waals surface area contributed by atoms with Crippen molar-refractivity contribution in [3.05, 3.63) is 27.9 Å². The summed E-state index contributed by atoms with van der Waals surface area (Å²) in [6.45, 7) is 2.39. The zero-order valence-electron chi connectivity index (χ0n) is 10.2. The lowest BCUT2D eigenvalue weighted by Crippen LogP contribution is -2.35. The Morgan fingerprint density at radius 1 is 1.56 bits per heavy atom. The van der Waals surface area contributed by atoms with Crippen molar-refractivity contribution in [1.82, 2.24) is 10.3 Å². The predicted molar refractivity (Wildman–Crippen MR) is 74.2 cm³/mol. The summed E-state index contributed by atoms with van der Waals surface area (Å²) in [7, 11) is 1.61. The van der Waals surface area contributed by atoms with Gasteiger partial charge in [0.05, 0.1) is 6.61 Å². The molecule has 0 bridgehead atoms. The third-order valence-electron chi connectivity index (χ3n) is 2.30. The smallest absolute Gasteiger partial charge is 0.271 e. The Labute approximate surface area is 114 Å². The van der Waals surface area contributed by atoms with Gasteiger partial charge in [-0.05, 0) is 18.4 Å². The topological polar surface area (TPSA) is 51.2 Å². The van der Waals surface area contributed by atoms with E-state index >= 15 is 0 Å². The summed E-state index contributed by atoms with van der Waals surface area (Å²) >= 11 is 3.10. The molecule has 0 aliphatic carbocycles. The van der Waals surface area contributed by atoms with Crippen LogP contribution in [0.25, 0.3) is 10.6 Å². The van der Waals surface area contributed by atoms with Crippen LogP contribution in [0.3, 0.4) is 0 Å². The van der Waals surface area contributed by atoms with Crippen LogP contribution in [0.2, 0.25) is 0 Å². The largest absolute Gasteiger partial charge is 0.383 e. The van der Waals surface area contributed by atoms with Crippen molar-refractivity contribution in [2.24, 2.45) is 0 Å². The number of methoxy groups -OCH3 is 1. The fraction of sp³-hybridized carbons (Fsp3) is 0.333. The monoisotopic (exact) mass is 282 g/mol. The van der Waals surface area contributed by atoms with E-state index in [0.29, 0.717) is 12.3 Å². The Kier molecular flexibility index (Phi) is 4.46. The van der Waals surface area contributed by atoms with Crippen LogP contribution in [-0.2, 0) is 4.74 Å². The molecule has 0 aliphatic heterocycles. The Balaban J connectivity index is 2.04. The SMILES string of the molecule is COCC(C)NC(=O)c1csc(-c2ccsc2)n1. The lowest BCUT2D eigenvalue weighted by atomic mass is 10.3. The molecule has 0 fully saturated rings. The second-order valence-corrected chi connectivity index (χ2v) is 5.52. The second-order valence-electron chi connectivity index (χ2n) is 3.88. The van der Waals surface area contributed by atoms with Crippen molar-refractivity contribution in [2.45, 2.75) is 13.0 Å². The number of carbonyl (C=O) groups is 1. The molecule has 4 nitrogen and oxygen atoms in total. The van der Waals surface area contributed by atoms with Gasteiger partial charge in [0, 0.05) is 29.5 Å². The molecule has 2 aromatic heterocycles. The van der Waals surface area contributed by atoms with Gasteiger partial charge in [-0.3, -0.25) is 4.79 Å². The van der Waals surface area contributed by atoms with Gasteiger partial charge in [-0.2, -0.15) is 11.3 Å². The van der Waals surface area contributed by atoms with E-state index in [1.54, 1.807) is 23.8 Å². The minimum absolute atomic E-state index is 0.0196. The second kappa shape index (κ2) is 6.08. The van der Waals surface area contributed by atoms with Gasteiger partial charge in [-0.15, -0.1) is 11.3 Å². The summed E-state index contributed by atoms with van der Waals surface area (Å²) in [5, 5.41) is 9.51. The molecule has 6 heteroatoms. The molecule has 1 atom stereocenters. The highest BCUT2D eigenvalue weighted by Crippen LogP contribution is 2.25. The van der Waals surface area contributed by atoms with Crippen molar-refractivity contribution in [3.63, 3.8) is 0 Å². The molecule has 0 radical (unpaired) electrons. The molecule has 0 spiro atoms. The standard InChI is InChI=1S/C12H14N2O2S2/c1-8(5-16-2)13-11(15)10-7-18-12(14-10)9-3-4-17-6-9/h3-4,6-8H,5H2,1-2H3,(H,13,15). The van der Waals surface area contributed by atoms with E-state index in [9.17, 15) is 4.79 Å². The number of nitrogens with one attached hydrogen (secondary N) is 1. The van der Waals surface area contributed by atoms with E-state index < -0.39 is 0 Å². The van der Waals surface area contributed by atoms with Gasteiger partial charge in [0.2, 0.25) is 0 Å². The number of thiazole rings is 1. The molecule has 0 aromatic carbocycles. The fourth-order valence-electron chi connectivity index (χ4n) is 1.49. The Morgan fingerprint density at radius 2 is 2.39 bits per heavy atom. The first-order valence-electron chi connectivity index (χ1n) is 5.48. The Morgan fingerprint density at radius 3 is 3.06 bits per heavy atom. The lowest BCUT2D eigenvalue weighted by Gasteiger charge is -2.11. The number of carbonyl (C=O) groups excluding carboxylic acids is 1.